The molecule has 0 spiro atoms. The summed E-state index contributed by atoms with van der Waals surface area (Å²) in [4.78, 5) is 7.18. The Kier molecular flexibility index (Phi) is 5.63. The molecular weight excluding hydrogens is 345 g/mol. The van der Waals surface area contributed by atoms with E-state index in [1.54, 1.807) is 41.5 Å². The maximum atomic E-state index is 13.4. The third kappa shape index (κ3) is 3.73. The lowest BCUT2D eigenvalue weighted by Crippen LogP contribution is -2.06. The molecule has 0 amide bonds. The Morgan fingerprint density at radius 1 is 1.33 bits per heavy atom. The molecule has 3 aromatic rings. The largest absolute Gasteiger partial charge is 0.405 e. The molecule has 2 heterocycles. The predicted octanol–water partition coefficient (Wildman–Crippen LogP) is 3.11. The molecule has 2 aromatic heterocycles. The summed E-state index contributed by atoms with van der Waals surface area (Å²) in [6.07, 6.45) is 9.91. The molecule has 0 unspecified atom stereocenters. The van der Waals surface area contributed by atoms with E-state index in [-0.39, 0.29) is 19.0 Å². The Morgan fingerprint density at radius 2 is 2.11 bits per heavy atom. The van der Waals surface area contributed by atoms with Gasteiger partial charge >= 0.3 is 0 Å². The van der Waals surface area contributed by atoms with Crippen LogP contribution in [0.4, 0.5) is 4.39 Å². The van der Waals surface area contributed by atoms with Crippen LogP contribution in [0.25, 0.3) is 28.2 Å². The SMILES string of the molecule is C=C/C=C(\C=C/N)c1c(-c2ccc(F)cc2)nn(CCO)c1-c1cnc[nH]1. The van der Waals surface area contributed by atoms with Crippen molar-refractivity contribution in [3.63, 3.8) is 0 Å². The fraction of sp³-hybridized carbons (Fsp3) is 0.100. The van der Waals surface area contributed by atoms with Gasteiger partial charge < -0.3 is 15.8 Å². The molecule has 138 valence electrons. The first kappa shape index (κ1) is 18.3. The van der Waals surface area contributed by atoms with Crippen molar-refractivity contribution in [1.82, 2.24) is 19.7 Å². The van der Waals surface area contributed by atoms with Gasteiger partial charge in [-0.3, -0.25) is 4.68 Å². The van der Waals surface area contributed by atoms with E-state index in [0.29, 0.717) is 5.69 Å². The van der Waals surface area contributed by atoms with Gasteiger partial charge in [-0.25, -0.2) is 9.37 Å². The average Bonchev–Trinajstić information content (AvgIpc) is 3.30. The molecule has 0 radical (unpaired) electrons. The van der Waals surface area contributed by atoms with Crippen LogP contribution in [0.15, 0.2) is 67.8 Å². The number of nitrogens with one attached hydrogen (secondary N) is 1. The first-order valence-electron chi connectivity index (χ1n) is 8.37. The minimum absolute atomic E-state index is 0.0850. The lowest BCUT2D eigenvalue weighted by molar-refractivity contribution is 0.270. The lowest BCUT2D eigenvalue weighted by atomic mass is 9.97. The summed E-state index contributed by atoms with van der Waals surface area (Å²) in [5, 5.41) is 14.2. The number of nitrogens with two attached hydrogens (primary N) is 1. The molecule has 0 aliphatic carbocycles. The van der Waals surface area contributed by atoms with Gasteiger partial charge in [-0.2, -0.15) is 5.10 Å². The monoisotopic (exact) mass is 365 g/mol. The summed E-state index contributed by atoms with van der Waals surface area (Å²) in [7, 11) is 0. The number of H-pyrrole nitrogens is 1. The molecule has 0 aliphatic heterocycles. The van der Waals surface area contributed by atoms with Gasteiger partial charge in [0.2, 0.25) is 0 Å². The average molecular weight is 365 g/mol. The van der Waals surface area contributed by atoms with Gasteiger partial charge in [-0.15, -0.1) is 0 Å². The summed E-state index contributed by atoms with van der Waals surface area (Å²) in [6, 6.07) is 6.10. The Hall–Kier alpha value is -3.45. The van der Waals surface area contributed by atoms with Crippen LogP contribution in [0.3, 0.4) is 0 Å². The molecule has 6 nitrogen and oxygen atoms in total. The molecule has 27 heavy (non-hydrogen) atoms. The number of hydrogen-bond donors (Lipinski definition) is 3. The van der Waals surface area contributed by atoms with Gasteiger partial charge in [0, 0.05) is 11.1 Å². The van der Waals surface area contributed by atoms with Gasteiger partial charge in [-0.05, 0) is 42.1 Å². The number of halogens is 1. The van der Waals surface area contributed by atoms with Crippen LogP contribution >= 0.6 is 0 Å². The van der Waals surface area contributed by atoms with Crippen LogP contribution < -0.4 is 5.73 Å². The first-order chi connectivity index (χ1) is 13.2. The number of aromatic nitrogens is 4. The van der Waals surface area contributed by atoms with E-state index < -0.39 is 0 Å². The summed E-state index contributed by atoms with van der Waals surface area (Å²) in [6.45, 7) is 3.97. The summed E-state index contributed by atoms with van der Waals surface area (Å²) in [5.74, 6) is -0.326. The maximum Gasteiger partial charge on any atom is 0.123 e. The Bertz CT molecular complexity index is 969. The normalized spacial score (nSPS) is 12.0. The zero-order valence-electron chi connectivity index (χ0n) is 14.6. The molecule has 3 rings (SSSR count). The first-order valence-corrected chi connectivity index (χ1v) is 8.37. The molecule has 0 atom stereocenters. The van der Waals surface area contributed by atoms with E-state index in [0.717, 1.165) is 28.1 Å². The zero-order valence-corrected chi connectivity index (χ0v) is 14.6. The van der Waals surface area contributed by atoms with E-state index >= 15 is 0 Å². The van der Waals surface area contributed by atoms with Crippen LogP contribution in [0.2, 0.25) is 0 Å². The molecule has 0 saturated carbocycles. The topological polar surface area (TPSA) is 92.8 Å². The van der Waals surface area contributed by atoms with Gasteiger partial charge in [0.1, 0.15) is 11.5 Å². The van der Waals surface area contributed by atoms with Crippen molar-refractivity contribution < 1.29 is 9.50 Å². The number of nitrogens with zero attached hydrogens (tertiary/aromatic N) is 3. The molecule has 7 heteroatoms. The quantitative estimate of drug-likeness (QED) is 0.561. The fourth-order valence-corrected chi connectivity index (χ4v) is 2.91. The highest BCUT2D eigenvalue weighted by molar-refractivity contribution is 5.91. The number of aliphatic hydroxyl groups excluding tert-OH is 1. The van der Waals surface area contributed by atoms with Crippen LogP contribution in [-0.2, 0) is 6.54 Å². The second kappa shape index (κ2) is 8.29. The van der Waals surface area contributed by atoms with Crippen LogP contribution in [-0.4, -0.2) is 31.5 Å². The molecule has 0 saturated heterocycles. The number of rotatable bonds is 7. The second-order valence-corrected chi connectivity index (χ2v) is 5.71. The van der Waals surface area contributed by atoms with Gasteiger partial charge in [0.05, 0.1) is 37.1 Å². The molecule has 0 fully saturated rings. The summed E-state index contributed by atoms with van der Waals surface area (Å²) < 4.78 is 15.1. The molecule has 4 N–H and O–H groups in total. The summed E-state index contributed by atoms with van der Waals surface area (Å²) >= 11 is 0. The highest BCUT2D eigenvalue weighted by atomic mass is 19.1. The zero-order chi connectivity index (χ0) is 19.2. The molecular formula is C20H20FN5O. The smallest absolute Gasteiger partial charge is 0.123 e. The minimum atomic E-state index is -0.326. The van der Waals surface area contributed by atoms with Crippen molar-refractivity contribution >= 4 is 5.57 Å². The van der Waals surface area contributed by atoms with E-state index in [1.165, 1.54) is 18.3 Å². The van der Waals surface area contributed by atoms with E-state index in [4.69, 9.17) is 5.73 Å². The number of hydrogen-bond acceptors (Lipinski definition) is 4. The molecule has 1 aromatic carbocycles. The lowest BCUT2D eigenvalue weighted by Gasteiger charge is -2.08. The van der Waals surface area contributed by atoms with Crippen molar-refractivity contribution in [2.24, 2.45) is 5.73 Å². The van der Waals surface area contributed by atoms with E-state index in [2.05, 4.69) is 21.6 Å². The van der Waals surface area contributed by atoms with E-state index in [9.17, 15) is 9.50 Å². The fourth-order valence-electron chi connectivity index (χ4n) is 2.91. The highest BCUT2D eigenvalue weighted by Gasteiger charge is 2.23. The van der Waals surface area contributed by atoms with E-state index in [1.807, 2.05) is 6.08 Å². The van der Waals surface area contributed by atoms with Crippen molar-refractivity contribution in [1.29, 1.82) is 0 Å². The van der Waals surface area contributed by atoms with Crippen LogP contribution in [0.1, 0.15) is 5.56 Å². The second-order valence-electron chi connectivity index (χ2n) is 5.71. The van der Waals surface area contributed by atoms with Crippen molar-refractivity contribution in [2.75, 3.05) is 6.61 Å². The third-order valence-corrected chi connectivity index (χ3v) is 4.00. The van der Waals surface area contributed by atoms with Gasteiger partial charge in [0.15, 0.2) is 0 Å². The molecule has 0 aliphatic rings. The van der Waals surface area contributed by atoms with Crippen LogP contribution in [0, 0.1) is 5.82 Å². The number of benzene rings is 1. The highest BCUT2D eigenvalue weighted by Crippen LogP contribution is 2.37. The number of imidazole rings is 1. The standard InChI is InChI=1S/C20H20FN5O/c1-2-3-14(8-9-22)18-19(15-4-6-16(21)7-5-15)25-26(10-11-27)20(18)17-12-23-13-24-17/h2-9,12-13,27H,1,10-11,22H2,(H,23,24)/b9-8-,14-3+. The molecule has 0 bridgehead atoms. The predicted molar refractivity (Wildman–Crippen MR) is 104 cm³/mol. The van der Waals surface area contributed by atoms with Crippen molar-refractivity contribution in [3.8, 4) is 22.6 Å². The Balaban J connectivity index is 2.35. The van der Waals surface area contributed by atoms with Gasteiger partial charge in [-0.1, -0.05) is 18.7 Å². The maximum absolute atomic E-state index is 13.4. The Morgan fingerprint density at radius 3 is 2.70 bits per heavy atom. The third-order valence-electron chi connectivity index (χ3n) is 4.00. The number of aliphatic hydroxyl groups is 1. The van der Waals surface area contributed by atoms with Crippen LogP contribution in [0.5, 0.6) is 0 Å². The Labute approximate surface area is 156 Å². The number of allylic oxidation sites excluding steroid dienone is 4. The summed E-state index contributed by atoms with van der Waals surface area (Å²) in [5.41, 5.74) is 10.1. The van der Waals surface area contributed by atoms with Crippen molar-refractivity contribution in [3.05, 3.63) is 79.2 Å². The van der Waals surface area contributed by atoms with Gasteiger partial charge in [0.25, 0.3) is 0 Å². The van der Waals surface area contributed by atoms with Crippen molar-refractivity contribution in [2.45, 2.75) is 6.54 Å². The minimum Gasteiger partial charge on any atom is -0.405 e. The number of aromatic amines is 1.